The van der Waals surface area contributed by atoms with Gasteiger partial charge in [0.05, 0.1) is 0 Å². The van der Waals surface area contributed by atoms with Crippen LogP contribution in [0.3, 0.4) is 0 Å². The highest BCUT2D eigenvalue weighted by Gasteiger charge is 2.13. The molecule has 1 aromatic heterocycles. The number of nitrogens with one attached hydrogen (secondary N) is 1. The number of benzene rings is 1. The maximum atomic E-state index is 13.6. The van der Waals surface area contributed by atoms with Gasteiger partial charge in [0.2, 0.25) is 0 Å². The Kier molecular flexibility index (Phi) is 4.05. The van der Waals surface area contributed by atoms with Crippen molar-refractivity contribution >= 4 is 0 Å². The Morgan fingerprint density at radius 1 is 1.00 bits per heavy atom. The van der Waals surface area contributed by atoms with Gasteiger partial charge in [-0.1, -0.05) is 18.2 Å². The lowest BCUT2D eigenvalue weighted by Crippen LogP contribution is -2.23. The fourth-order valence-corrected chi connectivity index (χ4v) is 2.04. The van der Waals surface area contributed by atoms with Gasteiger partial charge < -0.3 is 5.32 Å². The third kappa shape index (κ3) is 2.93. The second-order valence-electron chi connectivity index (χ2n) is 4.41. The highest BCUT2D eigenvalue weighted by Crippen LogP contribution is 2.20. The number of hydrogen-bond donors (Lipinski definition) is 1. The second-order valence-corrected chi connectivity index (χ2v) is 4.41. The molecule has 1 aromatic carbocycles. The van der Waals surface area contributed by atoms with Crippen LogP contribution >= 0.6 is 0 Å². The summed E-state index contributed by atoms with van der Waals surface area (Å²) < 4.78 is 13.6. The van der Waals surface area contributed by atoms with Gasteiger partial charge >= 0.3 is 0 Å². The molecule has 2 rings (SSSR count). The lowest BCUT2D eigenvalue weighted by atomic mass is 10.0. The third-order valence-electron chi connectivity index (χ3n) is 3.08. The summed E-state index contributed by atoms with van der Waals surface area (Å²) in [6.45, 7) is 4.03. The minimum absolute atomic E-state index is 0.0330. The van der Waals surface area contributed by atoms with E-state index in [1.165, 1.54) is 6.07 Å². The first-order valence-electron chi connectivity index (χ1n) is 6.09. The van der Waals surface area contributed by atoms with Crippen molar-refractivity contribution in [2.45, 2.75) is 25.9 Å². The quantitative estimate of drug-likeness (QED) is 0.888. The van der Waals surface area contributed by atoms with Crippen LogP contribution in [0.4, 0.5) is 4.39 Å². The average molecular weight is 244 g/mol. The van der Waals surface area contributed by atoms with Gasteiger partial charge in [-0.25, -0.2) is 4.39 Å². The first-order chi connectivity index (χ1) is 8.68. The van der Waals surface area contributed by atoms with Crippen LogP contribution in [0.15, 0.2) is 48.8 Å². The van der Waals surface area contributed by atoms with Crippen molar-refractivity contribution in [1.29, 1.82) is 0 Å². The highest BCUT2D eigenvalue weighted by molar-refractivity contribution is 5.22. The summed E-state index contributed by atoms with van der Waals surface area (Å²) in [6, 6.07) is 10.9. The summed E-state index contributed by atoms with van der Waals surface area (Å²) in [6.07, 6.45) is 3.53. The summed E-state index contributed by atoms with van der Waals surface area (Å²) in [5, 5.41) is 3.39. The van der Waals surface area contributed by atoms with Crippen LogP contribution in [0.5, 0.6) is 0 Å². The number of rotatable bonds is 4. The first-order valence-corrected chi connectivity index (χ1v) is 6.09. The predicted molar refractivity (Wildman–Crippen MR) is 70.6 cm³/mol. The zero-order valence-electron chi connectivity index (χ0n) is 10.6. The van der Waals surface area contributed by atoms with Gasteiger partial charge in [-0.2, -0.15) is 0 Å². The minimum atomic E-state index is -0.167. The SMILES string of the molecule is CC(N[C@H](C)c1ccccc1F)c1ccncc1. The lowest BCUT2D eigenvalue weighted by Gasteiger charge is -2.21. The Morgan fingerprint density at radius 2 is 1.67 bits per heavy atom. The smallest absolute Gasteiger partial charge is 0.127 e. The summed E-state index contributed by atoms with van der Waals surface area (Å²) in [4.78, 5) is 3.99. The Bertz CT molecular complexity index is 499. The maximum absolute atomic E-state index is 13.6. The molecule has 0 saturated heterocycles. The van der Waals surface area contributed by atoms with Gasteiger partial charge in [0.15, 0.2) is 0 Å². The van der Waals surface area contributed by atoms with Gasteiger partial charge in [0, 0.05) is 30.0 Å². The molecule has 0 radical (unpaired) electrons. The number of nitrogens with zero attached hydrogens (tertiary/aromatic N) is 1. The molecule has 0 aliphatic carbocycles. The van der Waals surface area contributed by atoms with E-state index in [0.29, 0.717) is 5.56 Å². The van der Waals surface area contributed by atoms with E-state index >= 15 is 0 Å². The van der Waals surface area contributed by atoms with E-state index in [1.54, 1.807) is 18.5 Å². The van der Waals surface area contributed by atoms with Crippen LogP contribution in [0.2, 0.25) is 0 Å². The van der Waals surface area contributed by atoms with E-state index in [1.807, 2.05) is 31.2 Å². The van der Waals surface area contributed by atoms with E-state index in [0.717, 1.165) is 5.56 Å². The molecule has 0 amide bonds. The minimum Gasteiger partial charge on any atom is -0.304 e. The van der Waals surface area contributed by atoms with Gasteiger partial charge in [0.25, 0.3) is 0 Å². The normalized spacial score (nSPS) is 14.2. The van der Waals surface area contributed by atoms with Crippen molar-refractivity contribution in [3.63, 3.8) is 0 Å². The molecule has 18 heavy (non-hydrogen) atoms. The molecule has 0 spiro atoms. The molecule has 94 valence electrons. The summed E-state index contributed by atoms with van der Waals surface area (Å²) in [5.41, 5.74) is 1.84. The van der Waals surface area contributed by atoms with Crippen LogP contribution in [0, 0.1) is 5.82 Å². The van der Waals surface area contributed by atoms with Gasteiger partial charge in [-0.05, 0) is 37.6 Å². The van der Waals surface area contributed by atoms with Gasteiger partial charge in [-0.3, -0.25) is 4.98 Å². The largest absolute Gasteiger partial charge is 0.304 e. The monoisotopic (exact) mass is 244 g/mol. The first kappa shape index (κ1) is 12.7. The Labute approximate surface area is 107 Å². The molecule has 1 unspecified atom stereocenters. The van der Waals surface area contributed by atoms with Crippen molar-refractivity contribution in [3.05, 3.63) is 65.7 Å². The molecular formula is C15H17FN2. The highest BCUT2D eigenvalue weighted by atomic mass is 19.1. The van der Waals surface area contributed by atoms with Crippen molar-refractivity contribution < 1.29 is 4.39 Å². The van der Waals surface area contributed by atoms with E-state index in [4.69, 9.17) is 0 Å². The van der Waals surface area contributed by atoms with Crippen LogP contribution in [0.1, 0.15) is 37.1 Å². The average Bonchev–Trinajstić information content (AvgIpc) is 2.40. The van der Waals surface area contributed by atoms with Crippen LogP contribution in [0.25, 0.3) is 0 Å². The van der Waals surface area contributed by atoms with Crippen LogP contribution in [-0.4, -0.2) is 4.98 Å². The lowest BCUT2D eigenvalue weighted by molar-refractivity contribution is 0.474. The maximum Gasteiger partial charge on any atom is 0.127 e. The summed E-state index contributed by atoms with van der Waals surface area (Å²) >= 11 is 0. The number of pyridine rings is 1. The zero-order chi connectivity index (χ0) is 13.0. The molecule has 2 atom stereocenters. The van der Waals surface area contributed by atoms with Crippen LogP contribution < -0.4 is 5.32 Å². The fourth-order valence-electron chi connectivity index (χ4n) is 2.04. The van der Waals surface area contributed by atoms with E-state index < -0.39 is 0 Å². The molecule has 0 aliphatic heterocycles. The number of halogens is 1. The van der Waals surface area contributed by atoms with Crippen molar-refractivity contribution in [2.24, 2.45) is 0 Å². The second kappa shape index (κ2) is 5.74. The Morgan fingerprint density at radius 3 is 2.33 bits per heavy atom. The van der Waals surface area contributed by atoms with Gasteiger partial charge in [0.1, 0.15) is 5.82 Å². The molecule has 2 aromatic rings. The molecular weight excluding hydrogens is 227 g/mol. The molecule has 0 aliphatic rings. The number of aromatic nitrogens is 1. The predicted octanol–water partition coefficient (Wildman–Crippen LogP) is 3.63. The molecule has 1 heterocycles. The third-order valence-corrected chi connectivity index (χ3v) is 3.08. The molecule has 2 nitrogen and oxygen atoms in total. The topological polar surface area (TPSA) is 24.9 Å². The summed E-state index contributed by atoms with van der Waals surface area (Å²) in [7, 11) is 0. The molecule has 0 fully saturated rings. The van der Waals surface area contributed by atoms with E-state index in [-0.39, 0.29) is 17.9 Å². The Hall–Kier alpha value is -1.74. The van der Waals surface area contributed by atoms with Crippen LogP contribution in [-0.2, 0) is 0 Å². The summed E-state index contributed by atoms with van der Waals surface area (Å²) in [5.74, 6) is -0.167. The fraction of sp³-hybridized carbons (Fsp3) is 0.267. The Balaban J connectivity index is 2.08. The molecule has 0 bridgehead atoms. The van der Waals surface area contributed by atoms with E-state index in [2.05, 4.69) is 17.2 Å². The van der Waals surface area contributed by atoms with Gasteiger partial charge in [-0.15, -0.1) is 0 Å². The number of hydrogen-bond acceptors (Lipinski definition) is 2. The molecule has 3 heteroatoms. The van der Waals surface area contributed by atoms with Crippen molar-refractivity contribution in [3.8, 4) is 0 Å². The van der Waals surface area contributed by atoms with Crippen molar-refractivity contribution in [2.75, 3.05) is 0 Å². The standard InChI is InChI=1S/C15H17FN2/c1-11(13-7-9-17-10-8-13)18-12(2)14-5-3-4-6-15(14)16/h3-12,18H,1-2H3/t11?,12-/m1/s1. The molecule has 1 N–H and O–H groups in total. The zero-order valence-corrected chi connectivity index (χ0v) is 10.6. The molecule has 0 saturated carbocycles. The van der Waals surface area contributed by atoms with Crippen molar-refractivity contribution in [1.82, 2.24) is 10.3 Å². The van der Waals surface area contributed by atoms with E-state index in [9.17, 15) is 4.39 Å².